The van der Waals surface area contributed by atoms with Gasteiger partial charge in [0.05, 0.1) is 0 Å². The van der Waals surface area contributed by atoms with Crippen LogP contribution in [0.15, 0.2) is 66.7 Å². The van der Waals surface area contributed by atoms with Crippen LogP contribution in [0.3, 0.4) is 0 Å². The van der Waals surface area contributed by atoms with Crippen molar-refractivity contribution in [3.8, 4) is 0 Å². The number of rotatable bonds is 3. The molecule has 0 amide bonds. The molecule has 23 heavy (non-hydrogen) atoms. The summed E-state index contributed by atoms with van der Waals surface area (Å²) >= 11 is 0. The highest BCUT2D eigenvalue weighted by Gasteiger charge is 2.20. The Bertz CT molecular complexity index is 767. The van der Waals surface area contributed by atoms with Gasteiger partial charge in [-0.3, -0.25) is 0 Å². The van der Waals surface area contributed by atoms with Gasteiger partial charge in [0.1, 0.15) is 0 Å². The van der Waals surface area contributed by atoms with Crippen molar-refractivity contribution < 1.29 is 0 Å². The lowest BCUT2D eigenvalue weighted by molar-refractivity contribution is 1.36. The first-order valence-corrected chi connectivity index (χ1v) is 9.41. The first-order chi connectivity index (χ1) is 11.1. The van der Waals surface area contributed by atoms with E-state index in [1.54, 1.807) is 0 Å². The van der Waals surface area contributed by atoms with Crippen LogP contribution in [-0.4, -0.2) is 0 Å². The molecular weight excluding hydrogens is 295 g/mol. The summed E-state index contributed by atoms with van der Waals surface area (Å²) in [5.74, 6) is 0. The first kappa shape index (κ1) is 16.0. The molecule has 0 bridgehead atoms. The summed E-state index contributed by atoms with van der Waals surface area (Å²) in [7, 11) is -0.520. The topological polar surface area (TPSA) is 0 Å². The van der Waals surface area contributed by atoms with Crippen LogP contribution in [0.4, 0.5) is 0 Å². The van der Waals surface area contributed by atoms with Crippen molar-refractivity contribution in [2.45, 2.75) is 27.7 Å². The molecule has 3 aromatic carbocycles. The molecule has 0 saturated carbocycles. The minimum absolute atomic E-state index is 0.520. The van der Waals surface area contributed by atoms with Crippen LogP contribution in [0, 0.1) is 27.7 Å². The highest BCUT2D eigenvalue weighted by molar-refractivity contribution is 7.80. The van der Waals surface area contributed by atoms with Crippen LogP contribution >= 0.6 is 7.92 Å². The largest absolute Gasteiger partial charge is 0.0622 e. The van der Waals surface area contributed by atoms with Crippen molar-refractivity contribution in [2.75, 3.05) is 0 Å². The van der Waals surface area contributed by atoms with Gasteiger partial charge in [0.15, 0.2) is 0 Å². The molecule has 0 aliphatic carbocycles. The Morgan fingerprint density at radius 1 is 0.522 bits per heavy atom. The van der Waals surface area contributed by atoms with Gasteiger partial charge >= 0.3 is 0 Å². The lowest BCUT2D eigenvalue weighted by atomic mass is 10.1. The van der Waals surface area contributed by atoms with Crippen LogP contribution in [0.2, 0.25) is 0 Å². The van der Waals surface area contributed by atoms with E-state index in [1.165, 1.54) is 38.2 Å². The van der Waals surface area contributed by atoms with E-state index < -0.39 is 7.92 Å². The molecule has 3 rings (SSSR count). The summed E-state index contributed by atoms with van der Waals surface area (Å²) in [5.41, 5.74) is 5.58. The van der Waals surface area contributed by atoms with Crippen LogP contribution < -0.4 is 15.9 Å². The zero-order valence-electron chi connectivity index (χ0n) is 14.3. The summed E-state index contributed by atoms with van der Waals surface area (Å²) in [4.78, 5) is 0. The smallest absolute Gasteiger partial charge is 0.0119 e. The quantitative estimate of drug-likeness (QED) is 0.615. The third kappa shape index (κ3) is 3.09. The van der Waals surface area contributed by atoms with Gasteiger partial charge in [-0.1, -0.05) is 66.7 Å². The molecule has 1 heteroatoms. The van der Waals surface area contributed by atoms with Gasteiger partial charge in [-0.15, -0.1) is 0 Å². The molecule has 0 aliphatic heterocycles. The maximum Gasteiger partial charge on any atom is -0.0119 e. The van der Waals surface area contributed by atoms with Crippen LogP contribution in [0.5, 0.6) is 0 Å². The Hall–Kier alpha value is -1.91. The highest BCUT2D eigenvalue weighted by atomic mass is 31.1. The van der Waals surface area contributed by atoms with Gasteiger partial charge in [0, 0.05) is 0 Å². The van der Waals surface area contributed by atoms with Crippen LogP contribution in [-0.2, 0) is 0 Å². The Labute approximate surface area is 141 Å². The summed E-state index contributed by atoms with van der Waals surface area (Å²) in [5, 5.41) is 4.37. The molecule has 0 radical (unpaired) electrons. The van der Waals surface area contributed by atoms with E-state index >= 15 is 0 Å². The molecule has 0 aliphatic rings. The Morgan fingerprint density at radius 2 is 1.00 bits per heavy atom. The molecule has 0 aromatic heterocycles. The molecule has 0 atom stereocenters. The Morgan fingerprint density at radius 3 is 1.48 bits per heavy atom. The van der Waals surface area contributed by atoms with E-state index in [0.717, 1.165) is 0 Å². The molecule has 0 nitrogen and oxygen atoms in total. The standard InChI is InChI=1S/C22H23P/c1-16-10-8-14-21(18(16)3)23(20-12-6-5-7-13-20)22-15-9-11-17(2)19(22)4/h5-15H,1-4H3. The summed E-state index contributed by atoms with van der Waals surface area (Å²) in [6.45, 7) is 8.93. The fraction of sp³-hybridized carbons (Fsp3) is 0.182. The molecule has 3 aromatic rings. The zero-order valence-corrected chi connectivity index (χ0v) is 15.2. The SMILES string of the molecule is Cc1cccc(P(c2ccccc2)c2cccc(C)c2C)c1C. The number of aryl methyl sites for hydroxylation is 2. The van der Waals surface area contributed by atoms with Gasteiger partial charge in [0.25, 0.3) is 0 Å². The van der Waals surface area contributed by atoms with Crippen molar-refractivity contribution in [3.05, 3.63) is 89.0 Å². The predicted octanol–water partition coefficient (Wildman–Crippen LogP) is 4.68. The molecule has 0 N–H and O–H groups in total. The monoisotopic (exact) mass is 318 g/mol. The van der Waals surface area contributed by atoms with Crippen molar-refractivity contribution in [1.82, 2.24) is 0 Å². The number of hydrogen-bond donors (Lipinski definition) is 0. The van der Waals surface area contributed by atoms with E-state index in [4.69, 9.17) is 0 Å². The van der Waals surface area contributed by atoms with Crippen molar-refractivity contribution in [1.29, 1.82) is 0 Å². The second-order valence-electron chi connectivity index (χ2n) is 6.11. The van der Waals surface area contributed by atoms with Gasteiger partial charge in [-0.05, 0) is 73.8 Å². The highest BCUT2D eigenvalue weighted by Crippen LogP contribution is 2.36. The average molecular weight is 318 g/mol. The van der Waals surface area contributed by atoms with Gasteiger partial charge in [-0.25, -0.2) is 0 Å². The second kappa shape index (κ2) is 6.69. The van der Waals surface area contributed by atoms with Crippen LogP contribution in [0.25, 0.3) is 0 Å². The maximum absolute atomic E-state index is 2.31. The Kier molecular flexibility index (Phi) is 4.64. The number of hydrogen-bond acceptors (Lipinski definition) is 0. The minimum atomic E-state index is -0.520. The van der Waals surface area contributed by atoms with E-state index in [0.29, 0.717) is 0 Å². The predicted molar refractivity (Wildman–Crippen MR) is 104 cm³/mol. The second-order valence-corrected chi connectivity index (χ2v) is 8.26. The molecule has 0 unspecified atom stereocenters. The zero-order chi connectivity index (χ0) is 16.4. The summed E-state index contributed by atoms with van der Waals surface area (Å²) in [6, 6.07) is 24.4. The molecule has 0 spiro atoms. The van der Waals surface area contributed by atoms with E-state index in [-0.39, 0.29) is 0 Å². The maximum atomic E-state index is 2.31. The van der Waals surface area contributed by atoms with Crippen LogP contribution in [0.1, 0.15) is 22.3 Å². The fourth-order valence-corrected chi connectivity index (χ4v) is 5.72. The van der Waals surface area contributed by atoms with E-state index in [9.17, 15) is 0 Å². The van der Waals surface area contributed by atoms with Gasteiger partial charge in [0.2, 0.25) is 0 Å². The van der Waals surface area contributed by atoms with Crippen molar-refractivity contribution in [2.24, 2.45) is 0 Å². The Balaban J connectivity index is 2.27. The third-order valence-corrected chi connectivity index (χ3v) is 7.40. The molecule has 0 heterocycles. The molecular formula is C22H23P. The molecule has 116 valence electrons. The third-order valence-electron chi connectivity index (χ3n) is 4.65. The average Bonchev–Trinajstić information content (AvgIpc) is 2.56. The summed E-state index contributed by atoms with van der Waals surface area (Å²) in [6.07, 6.45) is 0. The van der Waals surface area contributed by atoms with Gasteiger partial charge < -0.3 is 0 Å². The normalized spacial score (nSPS) is 11.0. The number of benzene rings is 3. The van der Waals surface area contributed by atoms with Gasteiger partial charge in [-0.2, -0.15) is 0 Å². The fourth-order valence-electron chi connectivity index (χ4n) is 2.94. The minimum Gasteiger partial charge on any atom is -0.0622 e. The molecule has 0 fully saturated rings. The van der Waals surface area contributed by atoms with Crippen molar-refractivity contribution >= 4 is 23.8 Å². The molecule has 0 saturated heterocycles. The first-order valence-electron chi connectivity index (χ1n) is 8.07. The lowest BCUT2D eigenvalue weighted by Gasteiger charge is -2.24. The summed E-state index contributed by atoms with van der Waals surface area (Å²) < 4.78 is 0. The van der Waals surface area contributed by atoms with E-state index in [2.05, 4.69) is 94.4 Å². The lowest BCUT2D eigenvalue weighted by Crippen LogP contribution is -2.24. The van der Waals surface area contributed by atoms with Crippen molar-refractivity contribution in [3.63, 3.8) is 0 Å². The van der Waals surface area contributed by atoms with E-state index in [1.807, 2.05) is 0 Å².